The number of piperidine rings is 1. The summed E-state index contributed by atoms with van der Waals surface area (Å²) in [6, 6.07) is 11.2. The van der Waals surface area contributed by atoms with Crippen molar-refractivity contribution in [2.75, 3.05) is 7.11 Å². The summed E-state index contributed by atoms with van der Waals surface area (Å²) in [5, 5.41) is 0. The summed E-state index contributed by atoms with van der Waals surface area (Å²) in [6.45, 7) is 4.47. The quantitative estimate of drug-likeness (QED) is 0.793. The van der Waals surface area contributed by atoms with Gasteiger partial charge in [0.05, 0.1) is 7.11 Å². The van der Waals surface area contributed by atoms with Gasteiger partial charge in [0, 0.05) is 12.1 Å². The van der Waals surface area contributed by atoms with Crippen LogP contribution < -0.4 is 0 Å². The third kappa shape index (κ3) is 2.05. The monoisotopic (exact) mass is 273 g/mol. The van der Waals surface area contributed by atoms with Crippen LogP contribution >= 0.6 is 0 Å². The molecule has 1 aromatic carbocycles. The number of esters is 1. The fraction of sp³-hybridized carbons (Fsp3) is 0.588. The summed E-state index contributed by atoms with van der Waals surface area (Å²) in [5.41, 5.74) is 1.28. The van der Waals surface area contributed by atoms with Crippen molar-refractivity contribution in [3.05, 3.63) is 35.9 Å². The van der Waals surface area contributed by atoms with Gasteiger partial charge in [-0.25, -0.2) is 0 Å². The fourth-order valence-electron chi connectivity index (χ4n) is 4.26. The van der Waals surface area contributed by atoms with Gasteiger partial charge in [0.1, 0.15) is 6.04 Å². The lowest BCUT2D eigenvalue weighted by Crippen LogP contribution is -2.49. The standard InChI is InChI=1S/C17H23NO2/c1-11-9-14-10-15(11)16(17(19)20-3)18(14)12(2)13-7-5-4-6-8-13/h4-8,11-12,14-16H,9-10H2,1-3H3/t11?,12-,14?,15?,16?/m1/s1. The van der Waals surface area contributed by atoms with E-state index in [4.69, 9.17) is 4.74 Å². The molecule has 1 aliphatic heterocycles. The number of hydrogen-bond acceptors (Lipinski definition) is 3. The van der Waals surface area contributed by atoms with Gasteiger partial charge in [0.2, 0.25) is 0 Å². The van der Waals surface area contributed by atoms with E-state index < -0.39 is 0 Å². The molecule has 0 radical (unpaired) electrons. The summed E-state index contributed by atoms with van der Waals surface area (Å²) in [4.78, 5) is 14.6. The van der Waals surface area contributed by atoms with Gasteiger partial charge in [0.25, 0.3) is 0 Å². The molecule has 1 saturated carbocycles. The summed E-state index contributed by atoms with van der Waals surface area (Å²) in [7, 11) is 1.50. The Bertz CT molecular complexity index is 487. The second-order valence-corrected chi connectivity index (χ2v) is 6.27. The van der Waals surface area contributed by atoms with Crippen molar-refractivity contribution in [1.82, 2.24) is 4.90 Å². The van der Waals surface area contributed by atoms with E-state index in [2.05, 4.69) is 43.0 Å². The highest BCUT2D eigenvalue weighted by Gasteiger charge is 2.54. The van der Waals surface area contributed by atoms with Crippen molar-refractivity contribution in [1.29, 1.82) is 0 Å². The molecule has 2 aliphatic rings. The predicted molar refractivity (Wildman–Crippen MR) is 78.2 cm³/mol. The van der Waals surface area contributed by atoms with E-state index in [9.17, 15) is 4.79 Å². The summed E-state index contributed by atoms with van der Waals surface area (Å²) >= 11 is 0. The molecule has 1 aromatic rings. The Balaban J connectivity index is 1.89. The highest BCUT2D eigenvalue weighted by molar-refractivity contribution is 5.77. The smallest absolute Gasteiger partial charge is 0.323 e. The number of ether oxygens (including phenoxy) is 1. The Morgan fingerprint density at radius 1 is 1.30 bits per heavy atom. The highest BCUT2D eigenvalue weighted by Crippen LogP contribution is 2.49. The van der Waals surface area contributed by atoms with Gasteiger partial charge in [-0.2, -0.15) is 0 Å². The first-order chi connectivity index (χ1) is 9.63. The van der Waals surface area contributed by atoms with Gasteiger partial charge in [0.15, 0.2) is 0 Å². The van der Waals surface area contributed by atoms with E-state index in [1.54, 1.807) is 0 Å². The number of fused-ring (bicyclic) bond motifs is 2. The van der Waals surface area contributed by atoms with Gasteiger partial charge in [-0.05, 0) is 37.2 Å². The topological polar surface area (TPSA) is 29.5 Å². The van der Waals surface area contributed by atoms with Crippen molar-refractivity contribution in [2.45, 2.75) is 44.8 Å². The van der Waals surface area contributed by atoms with Crippen LogP contribution in [0.1, 0.15) is 38.3 Å². The molecule has 5 atom stereocenters. The first kappa shape index (κ1) is 13.6. The van der Waals surface area contributed by atoms with Crippen molar-refractivity contribution in [2.24, 2.45) is 11.8 Å². The number of carbonyl (C=O) groups excluding carboxylic acids is 1. The number of rotatable bonds is 3. The third-order valence-corrected chi connectivity index (χ3v) is 5.24. The zero-order valence-corrected chi connectivity index (χ0v) is 12.5. The van der Waals surface area contributed by atoms with Gasteiger partial charge < -0.3 is 4.74 Å². The van der Waals surface area contributed by atoms with Crippen molar-refractivity contribution >= 4 is 5.97 Å². The Hall–Kier alpha value is -1.35. The second-order valence-electron chi connectivity index (χ2n) is 6.27. The Morgan fingerprint density at radius 3 is 2.65 bits per heavy atom. The number of hydrogen-bond donors (Lipinski definition) is 0. The van der Waals surface area contributed by atoms with Crippen molar-refractivity contribution in [3.63, 3.8) is 0 Å². The van der Waals surface area contributed by atoms with Crippen LogP contribution in [0.15, 0.2) is 30.3 Å². The normalized spacial score (nSPS) is 34.1. The molecule has 1 heterocycles. The fourth-order valence-corrected chi connectivity index (χ4v) is 4.26. The van der Waals surface area contributed by atoms with Gasteiger partial charge in [-0.1, -0.05) is 37.3 Å². The van der Waals surface area contributed by atoms with Crippen LogP contribution in [-0.2, 0) is 9.53 Å². The van der Waals surface area contributed by atoms with Crippen molar-refractivity contribution < 1.29 is 9.53 Å². The molecule has 3 heteroatoms. The van der Waals surface area contributed by atoms with Crippen LogP contribution in [0, 0.1) is 11.8 Å². The lowest BCUT2D eigenvalue weighted by atomic mass is 9.88. The molecule has 3 nitrogen and oxygen atoms in total. The van der Waals surface area contributed by atoms with Crippen LogP contribution in [0.3, 0.4) is 0 Å². The molecule has 0 amide bonds. The first-order valence-corrected chi connectivity index (χ1v) is 7.53. The Morgan fingerprint density at radius 2 is 2.00 bits per heavy atom. The first-order valence-electron chi connectivity index (χ1n) is 7.53. The van der Waals surface area contributed by atoms with E-state index in [0.29, 0.717) is 17.9 Å². The number of nitrogens with zero attached hydrogens (tertiary/aromatic N) is 1. The molecule has 1 saturated heterocycles. The maximum atomic E-state index is 12.2. The molecule has 0 N–H and O–H groups in total. The summed E-state index contributed by atoms with van der Waals surface area (Å²) < 4.78 is 5.07. The third-order valence-electron chi connectivity index (χ3n) is 5.24. The SMILES string of the molecule is COC(=O)C1C2CC(CC2C)N1[C@H](C)c1ccccc1. The Kier molecular flexibility index (Phi) is 3.55. The van der Waals surface area contributed by atoms with E-state index in [1.165, 1.54) is 19.1 Å². The van der Waals surface area contributed by atoms with E-state index in [1.807, 2.05) is 6.07 Å². The molecular weight excluding hydrogens is 250 g/mol. The van der Waals surface area contributed by atoms with Crippen LogP contribution in [-0.4, -0.2) is 30.1 Å². The average Bonchev–Trinajstić information content (AvgIpc) is 3.03. The van der Waals surface area contributed by atoms with E-state index in [0.717, 1.165) is 6.42 Å². The Labute approximate surface area is 120 Å². The molecule has 2 fully saturated rings. The number of methoxy groups -OCH3 is 1. The minimum absolute atomic E-state index is 0.0631. The van der Waals surface area contributed by atoms with Crippen LogP contribution in [0.25, 0.3) is 0 Å². The maximum absolute atomic E-state index is 12.2. The number of carbonyl (C=O) groups is 1. The minimum atomic E-state index is -0.0658. The molecule has 4 unspecified atom stereocenters. The number of likely N-dealkylation sites (tertiary alicyclic amines) is 1. The summed E-state index contributed by atoms with van der Waals surface area (Å²) in [6.07, 6.45) is 2.34. The van der Waals surface area contributed by atoms with Gasteiger partial charge in [-0.3, -0.25) is 9.69 Å². The van der Waals surface area contributed by atoms with Crippen LogP contribution in [0.2, 0.25) is 0 Å². The molecular formula is C17H23NO2. The summed E-state index contributed by atoms with van der Waals surface area (Å²) in [5.74, 6) is 1.02. The van der Waals surface area contributed by atoms with E-state index >= 15 is 0 Å². The molecule has 108 valence electrons. The highest BCUT2D eigenvalue weighted by atomic mass is 16.5. The maximum Gasteiger partial charge on any atom is 0.323 e. The largest absolute Gasteiger partial charge is 0.468 e. The average molecular weight is 273 g/mol. The van der Waals surface area contributed by atoms with Gasteiger partial charge >= 0.3 is 5.97 Å². The molecule has 2 bridgehead atoms. The van der Waals surface area contributed by atoms with Crippen molar-refractivity contribution in [3.8, 4) is 0 Å². The molecule has 1 aliphatic carbocycles. The predicted octanol–water partition coefficient (Wildman–Crippen LogP) is 3.02. The molecule has 0 spiro atoms. The molecule has 20 heavy (non-hydrogen) atoms. The zero-order valence-electron chi connectivity index (χ0n) is 12.5. The molecule has 3 rings (SSSR count). The van der Waals surface area contributed by atoms with Crippen LogP contribution in [0.4, 0.5) is 0 Å². The molecule has 0 aromatic heterocycles. The second kappa shape index (κ2) is 5.21. The lowest BCUT2D eigenvalue weighted by Gasteiger charge is -2.40. The van der Waals surface area contributed by atoms with Gasteiger partial charge in [-0.15, -0.1) is 0 Å². The lowest BCUT2D eigenvalue weighted by molar-refractivity contribution is -0.150. The number of benzene rings is 1. The van der Waals surface area contributed by atoms with Crippen LogP contribution in [0.5, 0.6) is 0 Å². The zero-order chi connectivity index (χ0) is 14.3. The van der Waals surface area contributed by atoms with E-state index in [-0.39, 0.29) is 18.1 Å². The minimum Gasteiger partial charge on any atom is -0.468 e.